The lowest BCUT2D eigenvalue weighted by Gasteiger charge is -2.12. The van der Waals surface area contributed by atoms with Crippen molar-refractivity contribution in [3.05, 3.63) is 88.7 Å². The summed E-state index contributed by atoms with van der Waals surface area (Å²) < 4.78 is 6.71. The number of nitrogens with one attached hydrogen (secondary N) is 1. The number of benzene rings is 2. The van der Waals surface area contributed by atoms with Gasteiger partial charge in [-0.05, 0) is 24.1 Å². The van der Waals surface area contributed by atoms with Crippen molar-refractivity contribution in [1.82, 2.24) is 14.7 Å². The van der Waals surface area contributed by atoms with Gasteiger partial charge in [0.2, 0.25) is 11.7 Å². The van der Waals surface area contributed by atoms with E-state index in [2.05, 4.69) is 15.5 Å². The summed E-state index contributed by atoms with van der Waals surface area (Å²) in [5.41, 5.74) is 2.61. The Morgan fingerprint density at radius 3 is 2.57 bits per heavy atom. The zero-order chi connectivity index (χ0) is 20.9. The number of hydrogen-bond acceptors (Lipinski definition) is 5. The topological polar surface area (TPSA) is 90.0 Å². The molecule has 1 N–H and O–H groups in total. The highest BCUT2D eigenvalue weighted by Gasteiger charge is 2.17. The van der Waals surface area contributed by atoms with Crippen LogP contribution in [0.25, 0.3) is 23.0 Å². The van der Waals surface area contributed by atoms with Crippen molar-refractivity contribution < 1.29 is 9.32 Å². The Balaban J connectivity index is 1.62. The van der Waals surface area contributed by atoms with Crippen LogP contribution >= 0.6 is 0 Å². The number of rotatable bonds is 6. The second-order valence-electron chi connectivity index (χ2n) is 6.68. The van der Waals surface area contributed by atoms with Crippen molar-refractivity contribution in [1.29, 1.82) is 0 Å². The van der Waals surface area contributed by atoms with Crippen LogP contribution in [0.2, 0.25) is 0 Å². The van der Waals surface area contributed by atoms with Gasteiger partial charge in [0.1, 0.15) is 12.2 Å². The lowest BCUT2D eigenvalue weighted by molar-refractivity contribution is -0.116. The van der Waals surface area contributed by atoms with E-state index in [9.17, 15) is 9.59 Å². The number of pyridine rings is 1. The van der Waals surface area contributed by atoms with Crippen LogP contribution in [0.5, 0.6) is 0 Å². The molecule has 7 heteroatoms. The standard InChI is InChI=1S/C23H20N4O3/c1-2-16-9-6-7-12-18(16)24-20(28)15-27-19(13-8-14-21(27)29)23-25-22(26-30-23)17-10-4-3-5-11-17/h3-14H,2,15H2,1H3,(H,24,28). The van der Waals surface area contributed by atoms with Crippen molar-refractivity contribution in [2.45, 2.75) is 19.9 Å². The van der Waals surface area contributed by atoms with E-state index in [1.54, 1.807) is 12.1 Å². The summed E-state index contributed by atoms with van der Waals surface area (Å²) in [6.45, 7) is 1.85. The summed E-state index contributed by atoms with van der Waals surface area (Å²) in [5.74, 6) is 0.274. The van der Waals surface area contributed by atoms with E-state index in [4.69, 9.17) is 4.52 Å². The van der Waals surface area contributed by atoms with Crippen LogP contribution in [0, 0.1) is 0 Å². The van der Waals surface area contributed by atoms with Gasteiger partial charge in [-0.25, -0.2) is 0 Å². The third-order valence-electron chi connectivity index (χ3n) is 4.70. The fraction of sp³-hybridized carbons (Fsp3) is 0.130. The van der Waals surface area contributed by atoms with Crippen LogP contribution < -0.4 is 10.9 Å². The maximum atomic E-state index is 12.7. The summed E-state index contributed by atoms with van der Waals surface area (Å²) in [6, 6.07) is 21.6. The maximum absolute atomic E-state index is 12.7. The zero-order valence-corrected chi connectivity index (χ0v) is 16.4. The van der Waals surface area contributed by atoms with E-state index >= 15 is 0 Å². The number of amides is 1. The molecule has 30 heavy (non-hydrogen) atoms. The largest absolute Gasteiger partial charge is 0.332 e. The first-order chi connectivity index (χ1) is 14.7. The minimum Gasteiger partial charge on any atom is -0.332 e. The molecule has 0 saturated carbocycles. The van der Waals surface area contributed by atoms with Crippen LogP contribution in [0.1, 0.15) is 12.5 Å². The van der Waals surface area contributed by atoms with Gasteiger partial charge in [0, 0.05) is 17.3 Å². The van der Waals surface area contributed by atoms with Gasteiger partial charge in [-0.3, -0.25) is 14.2 Å². The van der Waals surface area contributed by atoms with E-state index < -0.39 is 0 Å². The summed E-state index contributed by atoms with van der Waals surface area (Å²) in [6.07, 6.45) is 0.789. The SMILES string of the molecule is CCc1ccccc1NC(=O)Cn1c(-c2nc(-c3ccccc3)no2)cccc1=O. The Kier molecular flexibility index (Phi) is 5.52. The Morgan fingerprint density at radius 1 is 1.00 bits per heavy atom. The van der Waals surface area contributed by atoms with Crippen LogP contribution in [0.4, 0.5) is 5.69 Å². The first kappa shape index (κ1) is 19.3. The summed E-state index contributed by atoms with van der Waals surface area (Å²) in [5, 5.41) is 6.88. The van der Waals surface area contributed by atoms with E-state index in [-0.39, 0.29) is 23.9 Å². The third-order valence-corrected chi connectivity index (χ3v) is 4.70. The molecule has 0 aliphatic carbocycles. The average molecular weight is 400 g/mol. The summed E-state index contributed by atoms with van der Waals surface area (Å²) in [4.78, 5) is 29.6. The number of nitrogens with zero attached hydrogens (tertiary/aromatic N) is 3. The minimum atomic E-state index is -0.328. The van der Waals surface area contributed by atoms with Gasteiger partial charge in [0.25, 0.3) is 11.4 Å². The van der Waals surface area contributed by atoms with Gasteiger partial charge < -0.3 is 9.84 Å². The van der Waals surface area contributed by atoms with Crippen LogP contribution in [-0.2, 0) is 17.8 Å². The molecule has 7 nitrogen and oxygen atoms in total. The summed E-state index contributed by atoms with van der Waals surface area (Å²) in [7, 11) is 0. The van der Waals surface area contributed by atoms with Crippen molar-refractivity contribution >= 4 is 11.6 Å². The van der Waals surface area contributed by atoms with Gasteiger partial charge in [0.15, 0.2) is 0 Å². The third kappa shape index (κ3) is 4.05. The Bertz CT molecular complexity index is 1230. The molecule has 0 atom stereocenters. The molecular formula is C23H20N4O3. The monoisotopic (exact) mass is 400 g/mol. The predicted molar refractivity (Wildman–Crippen MR) is 114 cm³/mol. The van der Waals surface area contributed by atoms with Crippen LogP contribution in [-0.4, -0.2) is 20.6 Å². The second kappa shape index (κ2) is 8.57. The number of carbonyl (C=O) groups is 1. The quantitative estimate of drug-likeness (QED) is 0.532. The Hall–Kier alpha value is -4.00. The molecule has 1 amide bonds. The van der Waals surface area contributed by atoms with Crippen molar-refractivity contribution in [3.63, 3.8) is 0 Å². The van der Waals surface area contributed by atoms with E-state index in [1.165, 1.54) is 10.6 Å². The molecule has 0 radical (unpaired) electrons. The molecule has 2 heterocycles. The number of carbonyl (C=O) groups excluding carboxylic acids is 1. The predicted octanol–water partition coefficient (Wildman–Crippen LogP) is 3.77. The molecule has 4 aromatic rings. The van der Waals surface area contributed by atoms with Crippen molar-refractivity contribution in [2.75, 3.05) is 5.32 Å². The molecule has 0 unspecified atom stereocenters. The molecule has 0 fully saturated rings. The molecule has 0 bridgehead atoms. The molecule has 150 valence electrons. The number of aromatic nitrogens is 3. The zero-order valence-electron chi connectivity index (χ0n) is 16.4. The first-order valence-corrected chi connectivity index (χ1v) is 9.63. The molecular weight excluding hydrogens is 380 g/mol. The van der Waals surface area contributed by atoms with Crippen molar-refractivity contribution in [2.24, 2.45) is 0 Å². The molecule has 0 aliphatic heterocycles. The van der Waals surface area contributed by atoms with Gasteiger partial charge in [0.05, 0.1) is 0 Å². The maximum Gasteiger partial charge on any atom is 0.274 e. The van der Waals surface area contributed by atoms with Gasteiger partial charge in [-0.15, -0.1) is 0 Å². The average Bonchev–Trinajstić information content (AvgIpc) is 3.26. The normalized spacial score (nSPS) is 10.7. The van der Waals surface area contributed by atoms with Crippen LogP contribution in [0.15, 0.2) is 82.1 Å². The number of hydrogen-bond donors (Lipinski definition) is 1. The number of aryl methyl sites for hydroxylation is 1. The fourth-order valence-electron chi connectivity index (χ4n) is 3.19. The van der Waals surface area contributed by atoms with Gasteiger partial charge >= 0.3 is 0 Å². The van der Waals surface area contributed by atoms with Gasteiger partial charge in [-0.1, -0.05) is 66.7 Å². The number of anilines is 1. The molecule has 4 rings (SSSR count). The lowest BCUT2D eigenvalue weighted by Crippen LogP contribution is -2.28. The van der Waals surface area contributed by atoms with E-state index in [0.717, 1.165) is 23.2 Å². The lowest BCUT2D eigenvalue weighted by atomic mass is 10.1. The molecule has 2 aromatic carbocycles. The smallest absolute Gasteiger partial charge is 0.274 e. The first-order valence-electron chi connectivity index (χ1n) is 9.63. The van der Waals surface area contributed by atoms with Gasteiger partial charge in [-0.2, -0.15) is 4.98 Å². The summed E-state index contributed by atoms with van der Waals surface area (Å²) >= 11 is 0. The van der Waals surface area contributed by atoms with Crippen molar-refractivity contribution in [3.8, 4) is 23.0 Å². The molecule has 2 aromatic heterocycles. The van der Waals surface area contributed by atoms with E-state index in [1.807, 2.05) is 61.5 Å². The number of para-hydroxylation sites is 1. The minimum absolute atomic E-state index is 0.171. The molecule has 0 saturated heterocycles. The Labute approximate surface area is 173 Å². The highest BCUT2D eigenvalue weighted by Crippen LogP contribution is 2.21. The molecule has 0 aliphatic rings. The Morgan fingerprint density at radius 2 is 1.77 bits per heavy atom. The highest BCUT2D eigenvalue weighted by molar-refractivity contribution is 5.91. The van der Waals surface area contributed by atoms with Crippen LogP contribution in [0.3, 0.4) is 0 Å². The fourth-order valence-corrected chi connectivity index (χ4v) is 3.19. The van der Waals surface area contributed by atoms with E-state index in [0.29, 0.717) is 11.5 Å². The highest BCUT2D eigenvalue weighted by atomic mass is 16.5. The molecule has 0 spiro atoms. The second-order valence-corrected chi connectivity index (χ2v) is 6.68.